The van der Waals surface area contributed by atoms with Gasteiger partial charge < -0.3 is 15.4 Å². The Balaban J connectivity index is 2.42. The van der Waals surface area contributed by atoms with Crippen LogP contribution in [-0.2, 0) is 4.74 Å². The number of nitrogens with one attached hydrogen (secondary N) is 2. The summed E-state index contributed by atoms with van der Waals surface area (Å²) in [5, 5.41) is 13.2. The Hall–Kier alpha value is -1.69. The Bertz CT molecular complexity index is 326. The van der Waals surface area contributed by atoms with Gasteiger partial charge in [-0.25, -0.2) is 0 Å². The van der Waals surface area contributed by atoms with E-state index < -0.39 is 0 Å². The van der Waals surface area contributed by atoms with Gasteiger partial charge >= 0.3 is 0 Å². The van der Waals surface area contributed by atoms with Crippen LogP contribution < -0.4 is 10.6 Å². The average Bonchev–Trinajstić information content (AvgIpc) is 2.34. The van der Waals surface area contributed by atoms with E-state index in [2.05, 4.69) is 20.8 Å². The van der Waals surface area contributed by atoms with Gasteiger partial charge in [-0.2, -0.15) is 0 Å². The number of hydrogen-bond donors (Lipinski definition) is 2. The third kappa shape index (κ3) is 3.82. The van der Waals surface area contributed by atoms with Crippen LogP contribution in [0.3, 0.4) is 0 Å². The SMILES string of the molecule is CNC(=O)c1ccc(NCCCOC)nn1. The van der Waals surface area contributed by atoms with Crippen LogP contribution in [0.25, 0.3) is 0 Å². The number of anilines is 1. The number of nitrogens with zero attached hydrogens (tertiary/aromatic N) is 2. The Morgan fingerprint density at radius 2 is 2.25 bits per heavy atom. The summed E-state index contributed by atoms with van der Waals surface area (Å²) in [6.45, 7) is 1.47. The zero-order valence-electron chi connectivity index (χ0n) is 9.49. The summed E-state index contributed by atoms with van der Waals surface area (Å²) in [4.78, 5) is 11.2. The van der Waals surface area contributed by atoms with Crippen molar-refractivity contribution in [2.75, 3.05) is 32.6 Å². The van der Waals surface area contributed by atoms with Crippen LogP contribution >= 0.6 is 0 Å². The standard InChI is InChI=1S/C10H16N4O2/c1-11-10(15)8-4-5-9(14-13-8)12-6-3-7-16-2/h4-5H,3,6-7H2,1-2H3,(H,11,15)(H,12,14). The second kappa shape index (κ2) is 6.73. The van der Waals surface area contributed by atoms with E-state index in [0.717, 1.165) is 13.0 Å². The molecule has 1 rings (SSSR count). The molecule has 1 amide bonds. The van der Waals surface area contributed by atoms with Crippen LogP contribution in [0, 0.1) is 0 Å². The molecule has 0 aromatic carbocycles. The first-order valence-electron chi connectivity index (χ1n) is 5.06. The molecule has 6 heteroatoms. The van der Waals surface area contributed by atoms with Crippen molar-refractivity contribution in [2.45, 2.75) is 6.42 Å². The Morgan fingerprint density at radius 3 is 2.81 bits per heavy atom. The highest BCUT2D eigenvalue weighted by Gasteiger charge is 2.04. The highest BCUT2D eigenvalue weighted by atomic mass is 16.5. The molecule has 1 aromatic rings. The molecule has 0 saturated carbocycles. The van der Waals surface area contributed by atoms with Crippen LogP contribution in [0.1, 0.15) is 16.9 Å². The van der Waals surface area contributed by atoms with Crippen molar-refractivity contribution in [2.24, 2.45) is 0 Å². The van der Waals surface area contributed by atoms with E-state index in [1.54, 1.807) is 26.3 Å². The number of carbonyl (C=O) groups excluding carboxylic acids is 1. The summed E-state index contributed by atoms with van der Waals surface area (Å²) in [5.41, 5.74) is 0.310. The van der Waals surface area contributed by atoms with Gasteiger partial charge in [0.2, 0.25) is 0 Å². The first kappa shape index (κ1) is 12.4. The second-order valence-corrected chi connectivity index (χ2v) is 3.16. The molecule has 6 nitrogen and oxygen atoms in total. The quantitative estimate of drug-likeness (QED) is 0.679. The molecule has 0 aliphatic carbocycles. The molecule has 2 N–H and O–H groups in total. The smallest absolute Gasteiger partial charge is 0.271 e. The monoisotopic (exact) mass is 224 g/mol. The molecule has 0 radical (unpaired) electrons. The van der Waals surface area contributed by atoms with Crippen molar-refractivity contribution in [1.82, 2.24) is 15.5 Å². The van der Waals surface area contributed by atoms with Crippen LogP contribution in [-0.4, -0.2) is 43.4 Å². The number of rotatable bonds is 6. The molecule has 0 aliphatic rings. The van der Waals surface area contributed by atoms with Gasteiger partial charge in [0, 0.05) is 27.3 Å². The zero-order valence-corrected chi connectivity index (χ0v) is 9.49. The number of aromatic nitrogens is 2. The topological polar surface area (TPSA) is 76.1 Å². The third-order valence-electron chi connectivity index (χ3n) is 1.96. The molecule has 1 aromatic heterocycles. The predicted octanol–water partition coefficient (Wildman–Crippen LogP) is 0.285. The molecule has 1 heterocycles. The van der Waals surface area contributed by atoms with Crippen molar-refractivity contribution in [1.29, 1.82) is 0 Å². The lowest BCUT2D eigenvalue weighted by Gasteiger charge is -2.04. The number of ether oxygens (including phenoxy) is 1. The van der Waals surface area contributed by atoms with Crippen LogP contribution in [0.4, 0.5) is 5.82 Å². The molecule has 0 spiro atoms. The van der Waals surface area contributed by atoms with Gasteiger partial charge in [0.15, 0.2) is 5.69 Å². The number of methoxy groups -OCH3 is 1. The lowest BCUT2D eigenvalue weighted by Crippen LogP contribution is -2.19. The minimum Gasteiger partial charge on any atom is -0.385 e. The Labute approximate surface area is 94.4 Å². The van der Waals surface area contributed by atoms with Gasteiger partial charge in [-0.3, -0.25) is 4.79 Å². The fourth-order valence-corrected chi connectivity index (χ4v) is 1.11. The van der Waals surface area contributed by atoms with E-state index in [1.807, 2.05) is 0 Å². The van der Waals surface area contributed by atoms with Crippen molar-refractivity contribution in [3.8, 4) is 0 Å². The van der Waals surface area contributed by atoms with E-state index in [1.165, 1.54) is 0 Å². The first-order chi connectivity index (χ1) is 7.77. The fourth-order valence-electron chi connectivity index (χ4n) is 1.11. The average molecular weight is 224 g/mol. The van der Waals surface area contributed by atoms with E-state index in [-0.39, 0.29) is 5.91 Å². The van der Waals surface area contributed by atoms with E-state index >= 15 is 0 Å². The maximum Gasteiger partial charge on any atom is 0.271 e. The lowest BCUT2D eigenvalue weighted by molar-refractivity contribution is 0.0957. The highest BCUT2D eigenvalue weighted by molar-refractivity contribution is 5.91. The molecule has 16 heavy (non-hydrogen) atoms. The maximum atomic E-state index is 11.2. The van der Waals surface area contributed by atoms with Crippen molar-refractivity contribution in [3.05, 3.63) is 17.8 Å². The number of hydrogen-bond acceptors (Lipinski definition) is 5. The summed E-state index contributed by atoms with van der Waals surface area (Å²) >= 11 is 0. The number of amides is 1. The van der Waals surface area contributed by atoms with Crippen LogP contribution in [0.2, 0.25) is 0 Å². The molecule has 0 fully saturated rings. The summed E-state index contributed by atoms with van der Waals surface area (Å²) in [6, 6.07) is 3.36. The van der Waals surface area contributed by atoms with Gasteiger partial charge in [0.25, 0.3) is 5.91 Å². The zero-order chi connectivity index (χ0) is 11.8. The number of carbonyl (C=O) groups is 1. The van der Waals surface area contributed by atoms with E-state index in [0.29, 0.717) is 18.1 Å². The molecular formula is C10H16N4O2. The summed E-state index contributed by atoms with van der Waals surface area (Å²) in [5.74, 6) is 0.419. The van der Waals surface area contributed by atoms with Gasteiger partial charge in [-0.15, -0.1) is 10.2 Å². The van der Waals surface area contributed by atoms with Crippen molar-refractivity contribution < 1.29 is 9.53 Å². The third-order valence-corrected chi connectivity index (χ3v) is 1.96. The lowest BCUT2D eigenvalue weighted by atomic mass is 10.3. The maximum absolute atomic E-state index is 11.2. The van der Waals surface area contributed by atoms with Crippen molar-refractivity contribution >= 4 is 11.7 Å². The van der Waals surface area contributed by atoms with E-state index in [9.17, 15) is 4.79 Å². The summed E-state index contributed by atoms with van der Waals surface area (Å²) in [7, 11) is 3.22. The second-order valence-electron chi connectivity index (χ2n) is 3.16. The van der Waals surface area contributed by atoms with E-state index in [4.69, 9.17) is 4.74 Å². The summed E-state index contributed by atoms with van der Waals surface area (Å²) < 4.78 is 4.92. The van der Waals surface area contributed by atoms with Gasteiger partial charge in [0.1, 0.15) is 5.82 Å². The minimum atomic E-state index is -0.238. The first-order valence-corrected chi connectivity index (χ1v) is 5.06. The molecule has 0 aliphatic heterocycles. The molecule has 0 unspecified atom stereocenters. The Morgan fingerprint density at radius 1 is 1.44 bits per heavy atom. The summed E-state index contributed by atoms with van der Waals surface area (Å²) in [6.07, 6.45) is 0.898. The molecule has 0 bridgehead atoms. The normalized spacial score (nSPS) is 9.88. The molecule has 0 atom stereocenters. The van der Waals surface area contributed by atoms with Gasteiger partial charge in [-0.1, -0.05) is 0 Å². The molecule has 0 saturated heterocycles. The largest absolute Gasteiger partial charge is 0.385 e. The van der Waals surface area contributed by atoms with Gasteiger partial charge in [0.05, 0.1) is 0 Å². The fraction of sp³-hybridized carbons (Fsp3) is 0.500. The predicted molar refractivity (Wildman–Crippen MR) is 60.4 cm³/mol. The van der Waals surface area contributed by atoms with Crippen LogP contribution in [0.5, 0.6) is 0 Å². The molecular weight excluding hydrogens is 208 g/mol. The van der Waals surface area contributed by atoms with Crippen LogP contribution in [0.15, 0.2) is 12.1 Å². The van der Waals surface area contributed by atoms with Crippen molar-refractivity contribution in [3.63, 3.8) is 0 Å². The Kier molecular flexibility index (Phi) is 5.21. The minimum absolute atomic E-state index is 0.238. The molecule has 88 valence electrons. The highest BCUT2D eigenvalue weighted by Crippen LogP contribution is 2.01. The van der Waals surface area contributed by atoms with Gasteiger partial charge in [-0.05, 0) is 18.6 Å².